The van der Waals surface area contributed by atoms with Crippen LogP contribution in [0, 0.1) is 0 Å². The SMILES string of the molecule is CO[C@]12CC[C@H](O)C[C@H]1N(C(=O)CCc1n[nH]c3c1CCCC3)CC2. The summed E-state index contributed by atoms with van der Waals surface area (Å²) < 4.78 is 5.83. The van der Waals surface area contributed by atoms with Gasteiger partial charge in [-0.1, -0.05) is 0 Å². The van der Waals surface area contributed by atoms with E-state index in [1.165, 1.54) is 24.1 Å². The molecule has 1 aliphatic heterocycles. The zero-order valence-electron chi connectivity index (χ0n) is 15.1. The molecule has 1 saturated carbocycles. The summed E-state index contributed by atoms with van der Waals surface area (Å²) >= 11 is 0. The number of aliphatic hydroxyl groups is 1. The van der Waals surface area contributed by atoms with E-state index in [4.69, 9.17) is 4.74 Å². The zero-order valence-corrected chi connectivity index (χ0v) is 15.1. The predicted molar refractivity (Wildman–Crippen MR) is 93.3 cm³/mol. The minimum atomic E-state index is -0.319. The van der Waals surface area contributed by atoms with E-state index >= 15 is 0 Å². The first-order valence-corrected chi connectivity index (χ1v) is 9.70. The third kappa shape index (κ3) is 2.99. The normalized spacial score (nSPS) is 31.7. The number of aliphatic hydroxyl groups excluding tert-OH is 1. The van der Waals surface area contributed by atoms with E-state index in [2.05, 4.69) is 10.2 Å². The molecule has 3 atom stereocenters. The summed E-state index contributed by atoms with van der Waals surface area (Å²) in [7, 11) is 1.74. The minimum absolute atomic E-state index is 0.0156. The van der Waals surface area contributed by atoms with Crippen LogP contribution < -0.4 is 0 Å². The molecule has 0 spiro atoms. The number of methoxy groups -OCH3 is 1. The minimum Gasteiger partial charge on any atom is -0.393 e. The van der Waals surface area contributed by atoms with Gasteiger partial charge in [0.1, 0.15) is 0 Å². The first-order valence-electron chi connectivity index (χ1n) is 9.70. The zero-order chi connectivity index (χ0) is 17.4. The van der Waals surface area contributed by atoms with E-state index in [9.17, 15) is 9.90 Å². The summed E-state index contributed by atoms with van der Waals surface area (Å²) in [6.07, 6.45) is 8.61. The summed E-state index contributed by atoms with van der Waals surface area (Å²) in [5.74, 6) is 0.172. The second kappa shape index (κ2) is 6.72. The van der Waals surface area contributed by atoms with Crippen molar-refractivity contribution in [3.8, 4) is 0 Å². The van der Waals surface area contributed by atoms with Crippen LogP contribution in [0.2, 0.25) is 0 Å². The molecule has 4 rings (SSSR count). The van der Waals surface area contributed by atoms with Crippen molar-refractivity contribution in [1.29, 1.82) is 0 Å². The van der Waals surface area contributed by atoms with Gasteiger partial charge >= 0.3 is 0 Å². The van der Waals surface area contributed by atoms with Crippen LogP contribution in [0.4, 0.5) is 0 Å². The number of rotatable bonds is 4. The van der Waals surface area contributed by atoms with Crippen LogP contribution >= 0.6 is 0 Å². The number of fused-ring (bicyclic) bond motifs is 2. The molecule has 2 fully saturated rings. The van der Waals surface area contributed by atoms with Gasteiger partial charge in [0.2, 0.25) is 5.91 Å². The summed E-state index contributed by atoms with van der Waals surface area (Å²) in [4.78, 5) is 14.8. The molecule has 6 nitrogen and oxygen atoms in total. The lowest BCUT2D eigenvalue weighted by atomic mass is 9.79. The number of hydrogen-bond acceptors (Lipinski definition) is 4. The summed E-state index contributed by atoms with van der Waals surface area (Å²) in [6.45, 7) is 0.739. The lowest BCUT2D eigenvalue weighted by molar-refractivity contribution is -0.139. The molecule has 6 heteroatoms. The largest absolute Gasteiger partial charge is 0.393 e. The first kappa shape index (κ1) is 17.0. The van der Waals surface area contributed by atoms with Crippen LogP contribution in [-0.4, -0.2) is 57.5 Å². The van der Waals surface area contributed by atoms with Crippen LogP contribution in [0.25, 0.3) is 0 Å². The number of carbonyl (C=O) groups is 1. The number of carbonyl (C=O) groups excluding carboxylic acids is 1. The van der Waals surface area contributed by atoms with Crippen molar-refractivity contribution in [2.45, 2.75) is 82.0 Å². The number of aromatic nitrogens is 2. The van der Waals surface area contributed by atoms with Crippen LogP contribution in [0.1, 0.15) is 61.9 Å². The Morgan fingerprint density at radius 2 is 2.24 bits per heavy atom. The molecule has 1 amide bonds. The first-order chi connectivity index (χ1) is 12.1. The molecule has 2 aliphatic carbocycles. The Bertz CT molecular complexity index is 644. The van der Waals surface area contributed by atoms with Crippen LogP contribution in [0.15, 0.2) is 0 Å². The highest BCUT2D eigenvalue weighted by Gasteiger charge is 2.52. The number of aromatic amines is 1. The van der Waals surface area contributed by atoms with E-state index in [-0.39, 0.29) is 23.7 Å². The van der Waals surface area contributed by atoms with Crippen molar-refractivity contribution in [3.05, 3.63) is 17.0 Å². The number of nitrogens with one attached hydrogen (secondary N) is 1. The number of likely N-dealkylation sites (tertiary alicyclic amines) is 1. The molecule has 0 unspecified atom stereocenters. The van der Waals surface area contributed by atoms with Crippen molar-refractivity contribution in [2.75, 3.05) is 13.7 Å². The number of hydrogen-bond donors (Lipinski definition) is 2. The Hall–Kier alpha value is -1.40. The maximum Gasteiger partial charge on any atom is 0.223 e. The van der Waals surface area contributed by atoms with Crippen LogP contribution in [-0.2, 0) is 28.8 Å². The third-order valence-electron chi connectivity index (χ3n) is 6.60. The number of nitrogens with zero attached hydrogens (tertiary/aromatic N) is 2. The van der Waals surface area contributed by atoms with E-state index in [0.29, 0.717) is 19.3 Å². The summed E-state index contributed by atoms with van der Waals surface area (Å²) in [6, 6.07) is 0.0156. The summed E-state index contributed by atoms with van der Waals surface area (Å²) in [5, 5.41) is 17.7. The van der Waals surface area contributed by atoms with Crippen molar-refractivity contribution < 1.29 is 14.6 Å². The Balaban J connectivity index is 1.42. The molecule has 0 radical (unpaired) electrons. The van der Waals surface area contributed by atoms with Gasteiger partial charge in [0.25, 0.3) is 0 Å². The van der Waals surface area contributed by atoms with Crippen molar-refractivity contribution in [1.82, 2.24) is 15.1 Å². The highest BCUT2D eigenvalue weighted by atomic mass is 16.5. The van der Waals surface area contributed by atoms with E-state index < -0.39 is 0 Å². The second-order valence-electron chi connectivity index (χ2n) is 7.88. The Kier molecular flexibility index (Phi) is 4.58. The molecule has 2 N–H and O–H groups in total. The van der Waals surface area contributed by atoms with Gasteiger partial charge in [0, 0.05) is 32.2 Å². The van der Waals surface area contributed by atoms with Crippen molar-refractivity contribution in [2.24, 2.45) is 0 Å². The molecule has 0 aromatic carbocycles. The molecule has 3 aliphatic rings. The van der Waals surface area contributed by atoms with E-state index in [1.54, 1.807) is 7.11 Å². The predicted octanol–water partition coefficient (Wildman–Crippen LogP) is 1.75. The second-order valence-corrected chi connectivity index (χ2v) is 7.88. The number of amides is 1. The Morgan fingerprint density at radius 1 is 1.40 bits per heavy atom. The number of H-pyrrole nitrogens is 1. The summed E-state index contributed by atoms with van der Waals surface area (Å²) in [5.41, 5.74) is 3.44. The van der Waals surface area contributed by atoms with Gasteiger partial charge in [-0.2, -0.15) is 5.10 Å². The molecule has 0 bridgehead atoms. The van der Waals surface area contributed by atoms with Gasteiger partial charge in [0.15, 0.2) is 0 Å². The number of aryl methyl sites for hydroxylation is 2. The monoisotopic (exact) mass is 347 g/mol. The fourth-order valence-electron chi connectivity index (χ4n) is 5.10. The van der Waals surface area contributed by atoms with Gasteiger partial charge in [-0.25, -0.2) is 0 Å². The fourth-order valence-corrected chi connectivity index (χ4v) is 5.10. The third-order valence-corrected chi connectivity index (χ3v) is 6.60. The molecular formula is C19H29N3O3. The van der Waals surface area contributed by atoms with Gasteiger partial charge in [-0.05, 0) is 56.9 Å². The highest BCUT2D eigenvalue weighted by molar-refractivity contribution is 5.77. The fraction of sp³-hybridized carbons (Fsp3) is 0.789. The smallest absolute Gasteiger partial charge is 0.223 e. The lowest BCUT2D eigenvalue weighted by Crippen LogP contribution is -2.52. The molecule has 138 valence electrons. The lowest BCUT2D eigenvalue weighted by Gasteiger charge is -2.42. The molecule has 1 aromatic heterocycles. The van der Waals surface area contributed by atoms with Gasteiger partial charge < -0.3 is 14.7 Å². The average molecular weight is 347 g/mol. The van der Waals surface area contributed by atoms with Crippen molar-refractivity contribution in [3.63, 3.8) is 0 Å². The average Bonchev–Trinajstić information content (AvgIpc) is 3.21. The molecule has 1 saturated heterocycles. The standard InChI is InChI=1S/C19H29N3O3/c1-25-19-9-8-13(23)12-17(19)22(11-10-19)18(24)7-6-16-14-4-2-3-5-15(14)20-21-16/h13,17,23H,2-12H2,1H3,(H,20,21)/t13-,17+,19-/m0/s1. The van der Waals surface area contributed by atoms with Gasteiger partial charge in [0.05, 0.1) is 23.4 Å². The highest BCUT2D eigenvalue weighted by Crippen LogP contribution is 2.42. The Morgan fingerprint density at radius 3 is 3.08 bits per heavy atom. The molecular weight excluding hydrogens is 318 g/mol. The van der Waals surface area contributed by atoms with Crippen LogP contribution in [0.3, 0.4) is 0 Å². The van der Waals surface area contributed by atoms with E-state index in [1.807, 2.05) is 4.90 Å². The van der Waals surface area contributed by atoms with E-state index in [0.717, 1.165) is 44.3 Å². The van der Waals surface area contributed by atoms with Crippen LogP contribution in [0.5, 0.6) is 0 Å². The topological polar surface area (TPSA) is 78.5 Å². The molecule has 25 heavy (non-hydrogen) atoms. The quantitative estimate of drug-likeness (QED) is 0.870. The maximum atomic E-state index is 12.9. The van der Waals surface area contributed by atoms with Crippen molar-refractivity contribution >= 4 is 5.91 Å². The Labute approximate surface area is 148 Å². The molecule has 2 heterocycles. The number of ether oxygens (including phenoxy) is 1. The van der Waals surface area contributed by atoms with Gasteiger partial charge in [-0.3, -0.25) is 9.89 Å². The maximum absolute atomic E-state index is 12.9. The molecule has 1 aromatic rings. The van der Waals surface area contributed by atoms with Gasteiger partial charge in [-0.15, -0.1) is 0 Å².